The SMILES string of the molecule is O=C1NC(=S)NC(=O)C1=Cc1c(Cc2ccccc2Br)ccc2ccccc12. The van der Waals surface area contributed by atoms with Crippen LogP contribution in [-0.2, 0) is 16.0 Å². The van der Waals surface area contributed by atoms with E-state index in [1.54, 1.807) is 6.08 Å². The molecule has 3 aromatic carbocycles. The molecule has 0 aromatic heterocycles. The van der Waals surface area contributed by atoms with Gasteiger partial charge in [0.25, 0.3) is 11.8 Å². The number of halogens is 1. The molecule has 28 heavy (non-hydrogen) atoms. The minimum atomic E-state index is -0.492. The van der Waals surface area contributed by atoms with Crippen molar-refractivity contribution in [2.45, 2.75) is 6.42 Å². The summed E-state index contributed by atoms with van der Waals surface area (Å²) in [6.07, 6.45) is 2.31. The molecule has 3 aromatic rings. The van der Waals surface area contributed by atoms with Gasteiger partial charge in [0.15, 0.2) is 5.11 Å². The summed E-state index contributed by atoms with van der Waals surface area (Å²) < 4.78 is 1.01. The van der Waals surface area contributed by atoms with Crippen LogP contribution in [0.15, 0.2) is 70.7 Å². The first-order valence-corrected chi connectivity index (χ1v) is 9.85. The van der Waals surface area contributed by atoms with Gasteiger partial charge in [-0.25, -0.2) is 0 Å². The Balaban J connectivity index is 1.89. The fraction of sp³-hybridized carbons (Fsp3) is 0.0455. The zero-order valence-electron chi connectivity index (χ0n) is 14.7. The molecule has 138 valence electrons. The molecule has 1 heterocycles. The van der Waals surface area contributed by atoms with E-state index in [0.717, 1.165) is 31.9 Å². The van der Waals surface area contributed by atoms with Gasteiger partial charge in [-0.05, 0) is 58.2 Å². The molecule has 4 rings (SSSR count). The van der Waals surface area contributed by atoms with Gasteiger partial charge in [-0.2, -0.15) is 0 Å². The van der Waals surface area contributed by atoms with Crippen molar-refractivity contribution >= 4 is 61.9 Å². The first kappa shape index (κ1) is 18.5. The molecular weight excluding hydrogens is 436 g/mol. The van der Waals surface area contributed by atoms with Gasteiger partial charge in [0.2, 0.25) is 0 Å². The molecular formula is C22H15BrN2O2S. The van der Waals surface area contributed by atoms with E-state index in [9.17, 15) is 9.59 Å². The molecule has 0 bridgehead atoms. The third-order valence-corrected chi connectivity index (χ3v) is 5.61. The lowest BCUT2D eigenvalue weighted by molar-refractivity contribution is -0.123. The fourth-order valence-corrected chi connectivity index (χ4v) is 3.87. The predicted octanol–water partition coefficient (Wildman–Crippen LogP) is 4.11. The van der Waals surface area contributed by atoms with Crippen LogP contribution in [0, 0.1) is 0 Å². The molecule has 0 spiro atoms. The average Bonchev–Trinajstić information content (AvgIpc) is 2.67. The summed E-state index contributed by atoms with van der Waals surface area (Å²) in [7, 11) is 0. The number of thiocarbonyl (C=S) groups is 1. The van der Waals surface area contributed by atoms with Crippen molar-refractivity contribution < 1.29 is 9.59 Å². The first-order valence-electron chi connectivity index (χ1n) is 8.65. The first-order chi connectivity index (χ1) is 13.5. The van der Waals surface area contributed by atoms with Crippen molar-refractivity contribution in [2.24, 2.45) is 0 Å². The van der Waals surface area contributed by atoms with Gasteiger partial charge in [0.1, 0.15) is 5.57 Å². The Morgan fingerprint density at radius 1 is 0.857 bits per heavy atom. The topological polar surface area (TPSA) is 58.2 Å². The standard InChI is InChI=1S/C22H15BrN2O2S/c23-19-8-4-2-6-15(19)11-14-10-9-13-5-1-3-7-16(13)17(14)12-18-20(26)24-22(28)25-21(18)27/h1-10,12H,11H2,(H2,24,25,26,27,28). The van der Waals surface area contributed by atoms with E-state index >= 15 is 0 Å². The highest BCUT2D eigenvalue weighted by Crippen LogP contribution is 2.29. The van der Waals surface area contributed by atoms with E-state index in [1.807, 2.05) is 48.5 Å². The maximum absolute atomic E-state index is 12.3. The Bertz CT molecular complexity index is 1150. The molecule has 1 saturated heterocycles. The number of carbonyl (C=O) groups is 2. The molecule has 4 nitrogen and oxygen atoms in total. The summed E-state index contributed by atoms with van der Waals surface area (Å²) in [6, 6.07) is 20.0. The highest BCUT2D eigenvalue weighted by atomic mass is 79.9. The van der Waals surface area contributed by atoms with Gasteiger partial charge in [0, 0.05) is 4.47 Å². The average molecular weight is 451 g/mol. The van der Waals surface area contributed by atoms with Gasteiger partial charge in [-0.3, -0.25) is 20.2 Å². The van der Waals surface area contributed by atoms with Crippen LogP contribution in [0.25, 0.3) is 16.8 Å². The number of rotatable bonds is 3. The van der Waals surface area contributed by atoms with E-state index in [1.165, 1.54) is 0 Å². The zero-order valence-corrected chi connectivity index (χ0v) is 17.1. The Hall–Kier alpha value is -2.83. The second kappa shape index (κ2) is 7.66. The minimum absolute atomic E-state index is 0.0264. The van der Waals surface area contributed by atoms with E-state index in [0.29, 0.717) is 6.42 Å². The third kappa shape index (κ3) is 3.61. The molecule has 6 heteroatoms. The lowest BCUT2D eigenvalue weighted by Gasteiger charge is -2.18. The molecule has 2 N–H and O–H groups in total. The van der Waals surface area contributed by atoms with Crippen LogP contribution in [0.3, 0.4) is 0 Å². The monoisotopic (exact) mass is 450 g/mol. The Morgan fingerprint density at radius 3 is 2.29 bits per heavy atom. The quantitative estimate of drug-likeness (QED) is 0.358. The number of carbonyl (C=O) groups excluding carboxylic acids is 2. The Labute approximate surface area is 175 Å². The maximum Gasteiger partial charge on any atom is 0.263 e. The highest BCUT2D eigenvalue weighted by molar-refractivity contribution is 9.10. The number of amides is 2. The van der Waals surface area contributed by atoms with E-state index in [-0.39, 0.29) is 10.7 Å². The maximum atomic E-state index is 12.3. The number of fused-ring (bicyclic) bond motifs is 1. The summed E-state index contributed by atoms with van der Waals surface area (Å²) in [6.45, 7) is 0. The normalized spacial score (nSPS) is 14.0. The highest BCUT2D eigenvalue weighted by Gasteiger charge is 2.26. The van der Waals surface area contributed by atoms with Gasteiger partial charge in [-0.1, -0.05) is 70.5 Å². The Morgan fingerprint density at radius 2 is 1.54 bits per heavy atom. The van der Waals surface area contributed by atoms with Crippen LogP contribution in [0.1, 0.15) is 16.7 Å². The lowest BCUT2D eigenvalue weighted by Crippen LogP contribution is -2.51. The third-order valence-electron chi connectivity index (χ3n) is 4.63. The van der Waals surface area contributed by atoms with Crippen LogP contribution < -0.4 is 10.6 Å². The van der Waals surface area contributed by atoms with Crippen LogP contribution >= 0.6 is 28.1 Å². The van der Waals surface area contributed by atoms with Crippen molar-refractivity contribution in [1.82, 2.24) is 10.6 Å². The van der Waals surface area contributed by atoms with Crippen molar-refractivity contribution in [3.05, 3.63) is 87.4 Å². The molecule has 1 aliphatic heterocycles. The molecule has 0 saturated carbocycles. The minimum Gasteiger partial charge on any atom is -0.299 e. The predicted molar refractivity (Wildman–Crippen MR) is 118 cm³/mol. The molecule has 0 atom stereocenters. The summed E-state index contributed by atoms with van der Waals surface area (Å²) in [5, 5.41) is 7.03. The molecule has 1 fully saturated rings. The molecule has 0 unspecified atom stereocenters. The number of nitrogens with one attached hydrogen (secondary N) is 2. The van der Waals surface area contributed by atoms with Gasteiger partial charge >= 0.3 is 0 Å². The van der Waals surface area contributed by atoms with Gasteiger partial charge in [-0.15, -0.1) is 0 Å². The smallest absolute Gasteiger partial charge is 0.263 e. The summed E-state index contributed by atoms with van der Waals surface area (Å²) in [5.74, 6) is -0.984. The summed E-state index contributed by atoms with van der Waals surface area (Å²) in [4.78, 5) is 24.7. The van der Waals surface area contributed by atoms with Gasteiger partial charge in [0.05, 0.1) is 0 Å². The van der Waals surface area contributed by atoms with Crippen molar-refractivity contribution in [3.8, 4) is 0 Å². The number of hydrogen-bond acceptors (Lipinski definition) is 3. The van der Waals surface area contributed by atoms with E-state index < -0.39 is 11.8 Å². The number of benzene rings is 3. The van der Waals surface area contributed by atoms with Crippen molar-refractivity contribution in [2.75, 3.05) is 0 Å². The second-order valence-electron chi connectivity index (χ2n) is 6.42. The van der Waals surface area contributed by atoms with Crippen molar-refractivity contribution in [3.63, 3.8) is 0 Å². The second-order valence-corrected chi connectivity index (χ2v) is 7.69. The van der Waals surface area contributed by atoms with E-state index in [2.05, 4.69) is 38.7 Å². The van der Waals surface area contributed by atoms with Crippen LogP contribution in [0.2, 0.25) is 0 Å². The van der Waals surface area contributed by atoms with Gasteiger partial charge < -0.3 is 0 Å². The molecule has 0 radical (unpaired) electrons. The fourth-order valence-electron chi connectivity index (χ4n) is 3.26. The molecule has 2 amide bonds. The van der Waals surface area contributed by atoms with E-state index in [4.69, 9.17) is 12.2 Å². The van der Waals surface area contributed by atoms with Crippen molar-refractivity contribution in [1.29, 1.82) is 0 Å². The molecule has 0 aliphatic carbocycles. The summed E-state index contributed by atoms with van der Waals surface area (Å²) >= 11 is 8.48. The van der Waals surface area contributed by atoms with Crippen LogP contribution in [-0.4, -0.2) is 16.9 Å². The zero-order chi connectivity index (χ0) is 19.7. The van der Waals surface area contributed by atoms with Crippen LogP contribution in [0.4, 0.5) is 0 Å². The Kier molecular flexibility index (Phi) is 5.07. The molecule has 1 aliphatic rings. The van der Waals surface area contributed by atoms with Crippen LogP contribution in [0.5, 0.6) is 0 Å². The summed E-state index contributed by atoms with van der Waals surface area (Å²) in [5.41, 5.74) is 3.03. The lowest BCUT2D eigenvalue weighted by atomic mass is 9.92. The largest absolute Gasteiger partial charge is 0.299 e. The number of hydrogen-bond donors (Lipinski definition) is 2.